The van der Waals surface area contributed by atoms with E-state index >= 15 is 0 Å². The third-order valence-electron chi connectivity index (χ3n) is 2.38. The largest absolute Gasteiger partial charge is 0.573 e. The Morgan fingerprint density at radius 3 is 1.79 bits per heavy atom. The molecule has 19 heavy (non-hydrogen) atoms. The lowest BCUT2D eigenvalue weighted by molar-refractivity contribution is -0.274. The van der Waals surface area contributed by atoms with Crippen LogP contribution in [0.2, 0.25) is 0 Å². The molecule has 1 nitrogen and oxygen atoms in total. The third-order valence-corrected chi connectivity index (χ3v) is 2.38. The van der Waals surface area contributed by atoms with E-state index in [9.17, 15) is 13.2 Å². The quantitative estimate of drug-likeness (QED) is 0.726. The Bertz CT molecular complexity index is 542. The van der Waals surface area contributed by atoms with E-state index in [0.29, 0.717) is 0 Å². The lowest BCUT2D eigenvalue weighted by Crippen LogP contribution is -2.16. The molecule has 4 heteroatoms. The summed E-state index contributed by atoms with van der Waals surface area (Å²) >= 11 is 0. The van der Waals surface area contributed by atoms with Crippen molar-refractivity contribution in [2.75, 3.05) is 0 Å². The fourth-order valence-electron chi connectivity index (χ4n) is 1.54. The standard InChI is InChI=1S/C15H11F3O/c16-15(17,18)19-14-10-8-13(9-11-14)7-6-12-4-2-1-3-5-12/h1-11H. The zero-order chi connectivity index (χ0) is 13.7. The Labute approximate surface area is 109 Å². The monoisotopic (exact) mass is 264 g/mol. The van der Waals surface area contributed by atoms with Crippen LogP contribution >= 0.6 is 0 Å². The molecule has 2 aromatic rings. The van der Waals surface area contributed by atoms with Crippen LogP contribution in [0.15, 0.2) is 54.6 Å². The Kier molecular flexibility index (Phi) is 3.90. The molecule has 0 radical (unpaired) electrons. The summed E-state index contributed by atoms with van der Waals surface area (Å²) in [6, 6.07) is 15.4. The van der Waals surface area contributed by atoms with E-state index in [2.05, 4.69) is 4.74 Å². The summed E-state index contributed by atoms with van der Waals surface area (Å²) in [5.74, 6) is -0.218. The average molecular weight is 264 g/mol. The molecule has 0 atom stereocenters. The van der Waals surface area contributed by atoms with Crippen LogP contribution in [0.1, 0.15) is 11.1 Å². The molecule has 2 aromatic carbocycles. The van der Waals surface area contributed by atoms with Gasteiger partial charge in [-0.25, -0.2) is 0 Å². The molecule has 0 aliphatic rings. The van der Waals surface area contributed by atoms with Crippen molar-refractivity contribution in [3.05, 3.63) is 65.7 Å². The van der Waals surface area contributed by atoms with Gasteiger partial charge < -0.3 is 4.74 Å². The SMILES string of the molecule is FC(F)(F)Oc1ccc(C=Cc2ccccc2)cc1. The number of halogens is 3. The molecular weight excluding hydrogens is 253 g/mol. The fraction of sp³-hybridized carbons (Fsp3) is 0.0667. The van der Waals surface area contributed by atoms with Crippen LogP contribution in [0.25, 0.3) is 12.2 Å². The second kappa shape index (κ2) is 5.61. The molecule has 0 aromatic heterocycles. The Balaban J connectivity index is 2.05. The van der Waals surface area contributed by atoms with Gasteiger partial charge >= 0.3 is 6.36 Å². The lowest BCUT2D eigenvalue weighted by Gasteiger charge is -2.08. The van der Waals surface area contributed by atoms with Crippen LogP contribution in [0, 0.1) is 0 Å². The van der Waals surface area contributed by atoms with Crippen LogP contribution in [0.4, 0.5) is 13.2 Å². The first-order valence-corrected chi connectivity index (χ1v) is 5.62. The molecule has 0 heterocycles. The predicted octanol–water partition coefficient (Wildman–Crippen LogP) is 4.76. The van der Waals surface area contributed by atoms with Gasteiger partial charge in [-0.1, -0.05) is 54.6 Å². The average Bonchev–Trinajstić information content (AvgIpc) is 2.37. The third kappa shape index (κ3) is 4.50. The fourth-order valence-corrected chi connectivity index (χ4v) is 1.54. The molecule has 2 rings (SSSR count). The summed E-state index contributed by atoms with van der Waals surface area (Å²) in [5, 5.41) is 0. The zero-order valence-electron chi connectivity index (χ0n) is 9.89. The topological polar surface area (TPSA) is 9.23 Å². The minimum Gasteiger partial charge on any atom is -0.406 e. The molecule has 0 amide bonds. The molecule has 0 unspecified atom stereocenters. The first-order valence-electron chi connectivity index (χ1n) is 5.62. The highest BCUT2D eigenvalue weighted by Crippen LogP contribution is 2.23. The summed E-state index contributed by atoms with van der Waals surface area (Å²) in [5.41, 5.74) is 1.83. The minimum absolute atomic E-state index is 0.218. The summed E-state index contributed by atoms with van der Waals surface area (Å²) in [6.07, 6.45) is -0.937. The van der Waals surface area contributed by atoms with E-state index in [4.69, 9.17) is 0 Å². The first kappa shape index (κ1) is 13.2. The molecule has 0 aliphatic heterocycles. The maximum atomic E-state index is 12.0. The van der Waals surface area contributed by atoms with Crippen LogP contribution < -0.4 is 4.74 Å². The van der Waals surface area contributed by atoms with Crippen LogP contribution in [-0.4, -0.2) is 6.36 Å². The van der Waals surface area contributed by atoms with Crippen molar-refractivity contribution in [1.82, 2.24) is 0 Å². The van der Waals surface area contributed by atoms with E-state index in [-0.39, 0.29) is 5.75 Å². The number of alkyl halides is 3. The minimum atomic E-state index is -4.65. The maximum Gasteiger partial charge on any atom is 0.573 e. The Morgan fingerprint density at radius 2 is 1.26 bits per heavy atom. The predicted molar refractivity (Wildman–Crippen MR) is 68.5 cm³/mol. The Morgan fingerprint density at radius 1 is 0.737 bits per heavy atom. The van der Waals surface area contributed by atoms with Crippen molar-refractivity contribution >= 4 is 12.2 Å². The molecule has 0 aliphatic carbocycles. The summed E-state index contributed by atoms with van der Waals surface area (Å²) in [6.45, 7) is 0. The van der Waals surface area contributed by atoms with E-state index in [1.165, 1.54) is 12.1 Å². The van der Waals surface area contributed by atoms with E-state index in [1.807, 2.05) is 42.5 Å². The van der Waals surface area contributed by atoms with Gasteiger partial charge in [-0.05, 0) is 23.3 Å². The maximum absolute atomic E-state index is 12.0. The van der Waals surface area contributed by atoms with Crippen LogP contribution in [0.3, 0.4) is 0 Å². The van der Waals surface area contributed by atoms with Gasteiger partial charge in [0.1, 0.15) is 5.75 Å². The van der Waals surface area contributed by atoms with E-state index in [0.717, 1.165) is 11.1 Å². The summed E-state index contributed by atoms with van der Waals surface area (Å²) < 4.78 is 39.7. The van der Waals surface area contributed by atoms with Crippen molar-refractivity contribution in [1.29, 1.82) is 0 Å². The highest BCUT2D eigenvalue weighted by Gasteiger charge is 2.30. The van der Waals surface area contributed by atoms with Crippen LogP contribution in [0.5, 0.6) is 5.75 Å². The van der Waals surface area contributed by atoms with Gasteiger partial charge in [-0.3, -0.25) is 0 Å². The smallest absolute Gasteiger partial charge is 0.406 e. The van der Waals surface area contributed by atoms with Gasteiger partial charge in [0.25, 0.3) is 0 Å². The summed E-state index contributed by atoms with van der Waals surface area (Å²) in [7, 11) is 0. The highest BCUT2D eigenvalue weighted by molar-refractivity contribution is 5.69. The van der Waals surface area contributed by atoms with Crippen LogP contribution in [-0.2, 0) is 0 Å². The van der Waals surface area contributed by atoms with Gasteiger partial charge in [-0.2, -0.15) is 0 Å². The molecule has 98 valence electrons. The van der Waals surface area contributed by atoms with Gasteiger partial charge in [0.15, 0.2) is 0 Å². The van der Waals surface area contributed by atoms with Gasteiger partial charge in [0, 0.05) is 0 Å². The van der Waals surface area contributed by atoms with Gasteiger partial charge in [0.2, 0.25) is 0 Å². The highest BCUT2D eigenvalue weighted by atomic mass is 19.4. The van der Waals surface area contributed by atoms with Crippen molar-refractivity contribution in [2.24, 2.45) is 0 Å². The number of hydrogen-bond acceptors (Lipinski definition) is 1. The number of rotatable bonds is 3. The van der Waals surface area contributed by atoms with Crippen molar-refractivity contribution < 1.29 is 17.9 Å². The number of hydrogen-bond donors (Lipinski definition) is 0. The van der Waals surface area contributed by atoms with Crippen molar-refractivity contribution in [3.63, 3.8) is 0 Å². The molecule has 0 saturated carbocycles. The molecule has 0 N–H and O–H groups in total. The zero-order valence-corrected chi connectivity index (χ0v) is 9.89. The molecule has 0 spiro atoms. The summed E-state index contributed by atoms with van der Waals surface area (Å²) in [4.78, 5) is 0. The molecular formula is C15H11F3O. The lowest BCUT2D eigenvalue weighted by atomic mass is 10.1. The number of benzene rings is 2. The Hall–Kier alpha value is -2.23. The van der Waals surface area contributed by atoms with Gasteiger partial charge in [-0.15, -0.1) is 13.2 Å². The van der Waals surface area contributed by atoms with E-state index in [1.54, 1.807) is 12.1 Å². The van der Waals surface area contributed by atoms with Crippen molar-refractivity contribution in [2.45, 2.75) is 6.36 Å². The normalized spacial score (nSPS) is 11.7. The van der Waals surface area contributed by atoms with Crippen molar-refractivity contribution in [3.8, 4) is 5.75 Å². The first-order chi connectivity index (χ1) is 9.03. The molecule has 0 saturated heterocycles. The molecule has 0 fully saturated rings. The van der Waals surface area contributed by atoms with E-state index < -0.39 is 6.36 Å². The second-order valence-electron chi connectivity index (χ2n) is 3.86. The molecule has 0 bridgehead atoms. The number of ether oxygens (including phenoxy) is 1. The van der Waals surface area contributed by atoms with Gasteiger partial charge in [0.05, 0.1) is 0 Å². The second-order valence-corrected chi connectivity index (χ2v) is 3.86.